The Morgan fingerprint density at radius 2 is 1.72 bits per heavy atom. The second-order valence-corrected chi connectivity index (χ2v) is 6.06. The van der Waals surface area contributed by atoms with E-state index in [1.165, 1.54) is 26.2 Å². The lowest BCUT2D eigenvalue weighted by molar-refractivity contribution is -0.128. The number of nitrogens with zero attached hydrogens (tertiary/aromatic N) is 2. The minimum atomic E-state index is -4.08. The van der Waals surface area contributed by atoms with Gasteiger partial charge in [0.1, 0.15) is 0 Å². The number of nitroso groups, excluding NO2 is 1. The first-order valence-corrected chi connectivity index (χ1v) is 6.69. The van der Waals surface area contributed by atoms with Crippen LogP contribution in [0.3, 0.4) is 0 Å². The number of hydrogen-bond donors (Lipinski definition) is 0. The van der Waals surface area contributed by atoms with Crippen molar-refractivity contribution < 1.29 is 13.2 Å². The average Bonchev–Trinajstić information content (AvgIpc) is 2.29. The zero-order valence-electron chi connectivity index (χ0n) is 10.3. The number of hydrogen-bond acceptors (Lipinski definition) is 5. The fourth-order valence-electron chi connectivity index (χ4n) is 1.31. The third-order valence-electron chi connectivity index (χ3n) is 2.39. The molecule has 0 saturated carbocycles. The predicted octanol–water partition coefficient (Wildman–Crippen LogP) is 0.949. The van der Waals surface area contributed by atoms with Crippen molar-refractivity contribution in [2.24, 2.45) is 5.18 Å². The molecule has 1 aromatic carbocycles. The summed E-state index contributed by atoms with van der Waals surface area (Å²) in [5.41, 5.74) is 0.878. The Hall–Kier alpha value is -1.76. The first-order valence-electron chi connectivity index (χ1n) is 5.15. The number of amides is 1. The highest BCUT2D eigenvalue weighted by Gasteiger charge is 2.36. The third kappa shape index (κ3) is 2.73. The topological polar surface area (TPSA) is 83.9 Å². The van der Waals surface area contributed by atoms with Crippen molar-refractivity contribution in [1.29, 1.82) is 0 Å². The van der Waals surface area contributed by atoms with Gasteiger partial charge in [0, 0.05) is 14.1 Å². The number of sulfone groups is 1. The van der Waals surface area contributed by atoms with Gasteiger partial charge in [0.25, 0.3) is 11.3 Å². The molecule has 1 unspecified atom stereocenters. The molecular weight excluding hydrogens is 256 g/mol. The number of benzene rings is 1. The Morgan fingerprint density at radius 1 is 1.22 bits per heavy atom. The Balaban J connectivity index is 3.23. The maximum atomic E-state index is 12.1. The summed E-state index contributed by atoms with van der Waals surface area (Å²) in [7, 11) is -1.35. The fraction of sp³-hybridized carbons (Fsp3) is 0.364. The van der Waals surface area contributed by atoms with E-state index < -0.39 is 21.1 Å². The predicted molar refractivity (Wildman–Crippen MR) is 66.6 cm³/mol. The van der Waals surface area contributed by atoms with Crippen molar-refractivity contribution >= 4 is 15.7 Å². The van der Waals surface area contributed by atoms with Crippen LogP contribution >= 0.6 is 0 Å². The van der Waals surface area contributed by atoms with Gasteiger partial charge in [-0.3, -0.25) is 4.79 Å². The molecular formula is C11H14N2O4S. The number of likely N-dealkylation sites (N-methyl/N-ethyl adjacent to an activating group) is 1. The van der Waals surface area contributed by atoms with Gasteiger partial charge in [0.05, 0.1) is 4.90 Å². The zero-order chi connectivity index (χ0) is 13.9. The summed E-state index contributed by atoms with van der Waals surface area (Å²) < 4.78 is 24.2. The molecule has 0 aromatic heterocycles. The van der Waals surface area contributed by atoms with E-state index in [1.54, 1.807) is 19.1 Å². The van der Waals surface area contributed by atoms with Crippen LogP contribution in [0.25, 0.3) is 0 Å². The molecule has 0 N–H and O–H groups in total. The molecule has 1 aromatic rings. The molecule has 1 amide bonds. The summed E-state index contributed by atoms with van der Waals surface area (Å²) in [6.45, 7) is 1.80. The highest BCUT2D eigenvalue weighted by atomic mass is 32.2. The average molecular weight is 270 g/mol. The molecule has 7 heteroatoms. The van der Waals surface area contributed by atoms with Gasteiger partial charge >= 0.3 is 0 Å². The summed E-state index contributed by atoms with van der Waals surface area (Å²) in [4.78, 5) is 23.2. The fourth-order valence-corrected chi connectivity index (χ4v) is 2.68. The summed E-state index contributed by atoms with van der Waals surface area (Å²) in [5, 5.41) is 0.516. The minimum Gasteiger partial charge on any atom is -0.346 e. The van der Waals surface area contributed by atoms with Gasteiger partial charge in [-0.2, -0.15) is 0 Å². The summed E-state index contributed by atoms with van der Waals surface area (Å²) >= 11 is 0. The van der Waals surface area contributed by atoms with Crippen molar-refractivity contribution in [3.05, 3.63) is 34.7 Å². The number of carbonyl (C=O) groups is 1. The van der Waals surface area contributed by atoms with Crippen LogP contribution in [0.15, 0.2) is 34.3 Å². The van der Waals surface area contributed by atoms with E-state index in [4.69, 9.17) is 0 Å². The Labute approximate surface area is 105 Å². The molecule has 0 aliphatic rings. The lowest BCUT2D eigenvalue weighted by Gasteiger charge is -2.15. The highest BCUT2D eigenvalue weighted by molar-refractivity contribution is 7.92. The number of carbonyl (C=O) groups excluding carboxylic acids is 1. The molecule has 98 valence electrons. The van der Waals surface area contributed by atoms with Crippen LogP contribution < -0.4 is 0 Å². The molecule has 0 bridgehead atoms. The van der Waals surface area contributed by atoms with E-state index in [9.17, 15) is 18.1 Å². The standard InChI is InChI=1S/C11H14N2O4S/c1-8-4-6-9(7-5-8)18(16,17)10(12-15)11(14)13(2)3/h4-7,10H,1-3H3. The van der Waals surface area contributed by atoms with Crippen molar-refractivity contribution in [3.63, 3.8) is 0 Å². The molecule has 0 spiro atoms. The molecule has 1 rings (SSSR count). The quantitative estimate of drug-likeness (QED) is 0.762. The van der Waals surface area contributed by atoms with Gasteiger partial charge in [-0.1, -0.05) is 17.7 Å². The van der Waals surface area contributed by atoms with Gasteiger partial charge in [-0.05, 0) is 24.2 Å². The third-order valence-corrected chi connectivity index (χ3v) is 4.20. The molecule has 18 heavy (non-hydrogen) atoms. The lowest BCUT2D eigenvalue weighted by Crippen LogP contribution is -2.37. The van der Waals surface area contributed by atoms with Gasteiger partial charge in [0.15, 0.2) is 0 Å². The number of rotatable bonds is 4. The Bertz CT molecular complexity index is 549. The zero-order valence-corrected chi connectivity index (χ0v) is 11.1. The normalized spacial score (nSPS) is 12.8. The van der Waals surface area contributed by atoms with Crippen molar-refractivity contribution in [1.82, 2.24) is 4.90 Å². The van der Waals surface area contributed by atoms with E-state index in [1.807, 2.05) is 0 Å². The molecule has 6 nitrogen and oxygen atoms in total. The molecule has 0 fully saturated rings. The van der Waals surface area contributed by atoms with E-state index in [0.717, 1.165) is 10.5 Å². The lowest BCUT2D eigenvalue weighted by atomic mass is 10.2. The molecule has 0 aliphatic heterocycles. The van der Waals surface area contributed by atoms with Gasteiger partial charge in [-0.15, -0.1) is 4.91 Å². The first kappa shape index (κ1) is 14.3. The first-order chi connectivity index (χ1) is 8.30. The van der Waals surface area contributed by atoms with Crippen LogP contribution in [0, 0.1) is 11.8 Å². The van der Waals surface area contributed by atoms with Crippen LogP contribution in [0.4, 0.5) is 0 Å². The SMILES string of the molecule is Cc1ccc(S(=O)(=O)C(N=O)C(=O)N(C)C)cc1. The van der Waals surface area contributed by atoms with Crippen molar-refractivity contribution in [2.45, 2.75) is 17.2 Å². The van der Waals surface area contributed by atoms with Crippen molar-refractivity contribution in [2.75, 3.05) is 14.1 Å². The van der Waals surface area contributed by atoms with Gasteiger partial charge in [-0.25, -0.2) is 8.42 Å². The van der Waals surface area contributed by atoms with Crippen LogP contribution in [0.2, 0.25) is 0 Å². The number of aryl methyl sites for hydroxylation is 1. The highest BCUT2D eigenvalue weighted by Crippen LogP contribution is 2.18. The molecule has 0 saturated heterocycles. The monoisotopic (exact) mass is 270 g/mol. The second kappa shape index (κ2) is 5.26. The van der Waals surface area contributed by atoms with Crippen LogP contribution in [-0.4, -0.2) is 38.7 Å². The maximum absolute atomic E-state index is 12.1. The Morgan fingerprint density at radius 3 is 2.11 bits per heavy atom. The van der Waals surface area contributed by atoms with E-state index in [-0.39, 0.29) is 4.90 Å². The van der Waals surface area contributed by atoms with Crippen LogP contribution in [0.1, 0.15) is 5.56 Å². The van der Waals surface area contributed by atoms with E-state index >= 15 is 0 Å². The maximum Gasteiger partial charge on any atom is 0.274 e. The summed E-state index contributed by atoms with van der Waals surface area (Å²) in [5.74, 6) is -0.856. The van der Waals surface area contributed by atoms with Gasteiger partial charge in [0.2, 0.25) is 9.84 Å². The second-order valence-electron chi connectivity index (χ2n) is 4.05. The van der Waals surface area contributed by atoms with Crippen LogP contribution in [0.5, 0.6) is 0 Å². The van der Waals surface area contributed by atoms with Crippen LogP contribution in [-0.2, 0) is 14.6 Å². The smallest absolute Gasteiger partial charge is 0.274 e. The van der Waals surface area contributed by atoms with Crippen molar-refractivity contribution in [3.8, 4) is 0 Å². The minimum absolute atomic E-state index is 0.0899. The van der Waals surface area contributed by atoms with Gasteiger partial charge < -0.3 is 4.90 Å². The molecule has 0 radical (unpaired) electrons. The molecule has 0 aliphatic carbocycles. The Kier molecular flexibility index (Phi) is 4.18. The summed E-state index contributed by atoms with van der Waals surface area (Å²) in [6, 6.07) is 5.89. The summed E-state index contributed by atoms with van der Waals surface area (Å²) in [6.07, 6.45) is 0. The largest absolute Gasteiger partial charge is 0.346 e. The van der Waals surface area contributed by atoms with E-state index in [2.05, 4.69) is 5.18 Å². The molecule has 0 heterocycles. The van der Waals surface area contributed by atoms with E-state index in [0.29, 0.717) is 0 Å². The molecule has 1 atom stereocenters.